The minimum Gasteiger partial charge on any atom is -0.0627 e. The first kappa shape index (κ1) is 12.2. The smallest absolute Gasteiger partial charge is 0.0101 e. The van der Waals surface area contributed by atoms with Crippen LogP contribution in [0.3, 0.4) is 0 Å². The van der Waals surface area contributed by atoms with E-state index < -0.39 is 0 Å². The highest BCUT2D eigenvalue weighted by molar-refractivity contribution is 5.83. The van der Waals surface area contributed by atoms with Gasteiger partial charge in [0.15, 0.2) is 0 Å². The molecule has 0 bridgehead atoms. The van der Waals surface area contributed by atoms with Crippen molar-refractivity contribution in [3.8, 4) is 0 Å². The van der Waals surface area contributed by atoms with E-state index in [1.807, 2.05) is 0 Å². The van der Waals surface area contributed by atoms with Gasteiger partial charge in [0.25, 0.3) is 0 Å². The highest BCUT2D eigenvalue weighted by Crippen LogP contribution is 2.32. The van der Waals surface area contributed by atoms with Crippen molar-refractivity contribution in [1.82, 2.24) is 0 Å². The minimum absolute atomic E-state index is 0.262. The molecule has 0 aliphatic heterocycles. The summed E-state index contributed by atoms with van der Waals surface area (Å²) in [5, 5.41) is 2.68. The number of benzene rings is 2. The second-order valence-corrected chi connectivity index (χ2v) is 6.04. The molecule has 0 atom stereocenters. The lowest BCUT2D eigenvalue weighted by Crippen LogP contribution is -2.19. The van der Waals surface area contributed by atoms with E-state index in [1.54, 1.807) is 0 Å². The van der Waals surface area contributed by atoms with Crippen molar-refractivity contribution in [3.63, 3.8) is 0 Å². The summed E-state index contributed by atoms with van der Waals surface area (Å²) in [7, 11) is 0. The first-order chi connectivity index (χ1) is 7.99. The van der Waals surface area contributed by atoms with Crippen molar-refractivity contribution in [2.45, 2.75) is 39.5 Å². The van der Waals surface area contributed by atoms with Gasteiger partial charge in [0.05, 0.1) is 0 Å². The fourth-order valence-electron chi connectivity index (χ4n) is 2.75. The Bertz CT molecular complexity index is 506. The molecular formula is C17H22. The van der Waals surface area contributed by atoms with Crippen LogP contribution in [-0.4, -0.2) is 0 Å². The van der Waals surface area contributed by atoms with Gasteiger partial charge in [-0.2, -0.15) is 0 Å². The molecular weight excluding hydrogens is 204 g/mol. The van der Waals surface area contributed by atoms with Crippen molar-refractivity contribution < 1.29 is 0 Å². The van der Waals surface area contributed by atoms with Crippen molar-refractivity contribution in [1.29, 1.82) is 0 Å². The Morgan fingerprint density at radius 3 is 2.24 bits per heavy atom. The van der Waals surface area contributed by atoms with Crippen LogP contribution in [0, 0.1) is 5.92 Å². The van der Waals surface area contributed by atoms with E-state index in [0.29, 0.717) is 0 Å². The molecule has 0 unspecified atom stereocenters. The van der Waals surface area contributed by atoms with Gasteiger partial charge in [-0.1, -0.05) is 70.2 Å². The molecule has 2 aromatic carbocycles. The fourth-order valence-corrected chi connectivity index (χ4v) is 2.75. The van der Waals surface area contributed by atoms with E-state index in [0.717, 1.165) is 5.92 Å². The van der Waals surface area contributed by atoms with Gasteiger partial charge in [-0.15, -0.1) is 0 Å². The molecule has 0 aliphatic rings. The fraction of sp³-hybridized carbons (Fsp3) is 0.412. The van der Waals surface area contributed by atoms with E-state index in [-0.39, 0.29) is 5.41 Å². The molecule has 0 heteroatoms. The Morgan fingerprint density at radius 2 is 1.59 bits per heavy atom. The maximum absolute atomic E-state index is 2.34. The topological polar surface area (TPSA) is 0 Å². The van der Waals surface area contributed by atoms with E-state index in [9.17, 15) is 0 Å². The third-order valence-corrected chi connectivity index (χ3v) is 3.45. The summed E-state index contributed by atoms with van der Waals surface area (Å²) in [6.07, 6.45) is 1.23. The lowest BCUT2D eigenvalue weighted by Gasteiger charge is -2.27. The minimum atomic E-state index is 0.262. The molecule has 0 saturated heterocycles. The van der Waals surface area contributed by atoms with Crippen LogP contribution < -0.4 is 0 Å². The zero-order chi connectivity index (χ0) is 12.5. The molecule has 17 heavy (non-hydrogen) atoms. The van der Waals surface area contributed by atoms with Crippen LogP contribution in [0.25, 0.3) is 10.8 Å². The largest absolute Gasteiger partial charge is 0.0627 e. The van der Waals surface area contributed by atoms with Crippen LogP contribution in [0.2, 0.25) is 0 Å². The summed E-state index contributed by atoms with van der Waals surface area (Å²) in [5.74, 6) is 0.733. The molecule has 0 saturated carbocycles. The summed E-state index contributed by atoms with van der Waals surface area (Å²) in [5.41, 5.74) is 1.71. The molecule has 90 valence electrons. The maximum Gasteiger partial charge on any atom is -0.0101 e. The van der Waals surface area contributed by atoms with Crippen molar-refractivity contribution in [3.05, 3.63) is 48.0 Å². The van der Waals surface area contributed by atoms with Crippen LogP contribution in [0.1, 0.15) is 39.7 Å². The van der Waals surface area contributed by atoms with Crippen molar-refractivity contribution in [2.75, 3.05) is 0 Å². The van der Waals surface area contributed by atoms with Crippen molar-refractivity contribution >= 4 is 10.8 Å². The zero-order valence-corrected chi connectivity index (χ0v) is 11.3. The molecule has 2 aromatic rings. The first-order valence-corrected chi connectivity index (χ1v) is 6.48. The normalized spacial score (nSPS) is 12.3. The maximum atomic E-state index is 2.34. The highest BCUT2D eigenvalue weighted by Gasteiger charge is 2.21. The van der Waals surface area contributed by atoms with Gasteiger partial charge in [0.1, 0.15) is 0 Å². The molecule has 0 N–H and O–H groups in total. The van der Waals surface area contributed by atoms with E-state index >= 15 is 0 Å². The van der Waals surface area contributed by atoms with E-state index in [4.69, 9.17) is 0 Å². The Hall–Kier alpha value is -1.30. The number of hydrogen-bond acceptors (Lipinski definition) is 0. The summed E-state index contributed by atoms with van der Waals surface area (Å²) in [4.78, 5) is 0. The van der Waals surface area contributed by atoms with Gasteiger partial charge < -0.3 is 0 Å². The summed E-state index contributed by atoms with van der Waals surface area (Å²) in [6, 6.07) is 15.5. The van der Waals surface area contributed by atoms with Crippen molar-refractivity contribution in [2.24, 2.45) is 5.92 Å². The second-order valence-electron chi connectivity index (χ2n) is 6.04. The standard InChI is InChI=1S/C17H22/c1-13(2)12-17(3,4)16-10-9-14-7-5-6-8-15(14)11-16/h5-11,13H,12H2,1-4H3. The molecule has 0 radical (unpaired) electrons. The molecule has 0 aromatic heterocycles. The Labute approximate surface area is 105 Å². The SMILES string of the molecule is CC(C)CC(C)(C)c1ccc2ccccc2c1. The van der Waals surface area contributed by atoms with Crippen LogP contribution >= 0.6 is 0 Å². The summed E-state index contributed by atoms with van der Waals surface area (Å²) < 4.78 is 0. The molecule has 0 nitrogen and oxygen atoms in total. The van der Waals surface area contributed by atoms with Crippen LogP contribution in [-0.2, 0) is 5.41 Å². The van der Waals surface area contributed by atoms with E-state index in [1.165, 1.54) is 22.8 Å². The molecule has 2 rings (SSSR count). The third kappa shape index (κ3) is 2.69. The van der Waals surface area contributed by atoms with Gasteiger partial charge in [0.2, 0.25) is 0 Å². The summed E-state index contributed by atoms with van der Waals surface area (Å²) in [6.45, 7) is 9.28. The number of rotatable bonds is 3. The zero-order valence-electron chi connectivity index (χ0n) is 11.3. The lowest BCUT2D eigenvalue weighted by atomic mass is 9.77. The first-order valence-electron chi connectivity index (χ1n) is 6.48. The monoisotopic (exact) mass is 226 g/mol. The van der Waals surface area contributed by atoms with Crippen LogP contribution in [0.5, 0.6) is 0 Å². The average Bonchev–Trinajstić information content (AvgIpc) is 2.26. The Balaban J connectivity index is 2.42. The summed E-state index contributed by atoms with van der Waals surface area (Å²) >= 11 is 0. The predicted octanol–water partition coefficient (Wildman–Crippen LogP) is 5.16. The second kappa shape index (κ2) is 4.52. The van der Waals surface area contributed by atoms with Crippen LogP contribution in [0.4, 0.5) is 0 Å². The highest BCUT2D eigenvalue weighted by atomic mass is 14.3. The molecule has 0 amide bonds. The molecule has 0 spiro atoms. The average molecular weight is 226 g/mol. The van der Waals surface area contributed by atoms with Gasteiger partial charge in [-0.3, -0.25) is 0 Å². The Morgan fingerprint density at radius 1 is 0.941 bits per heavy atom. The van der Waals surface area contributed by atoms with Gasteiger partial charge in [-0.05, 0) is 34.1 Å². The van der Waals surface area contributed by atoms with Gasteiger partial charge in [0, 0.05) is 0 Å². The quantitative estimate of drug-likeness (QED) is 0.678. The third-order valence-electron chi connectivity index (χ3n) is 3.45. The number of fused-ring (bicyclic) bond motifs is 1. The predicted molar refractivity (Wildman–Crippen MR) is 76.4 cm³/mol. The lowest BCUT2D eigenvalue weighted by molar-refractivity contribution is 0.400. The molecule has 0 aliphatic carbocycles. The van der Waals surface area contributed by atoms with E-state index in [2.05, 4.69) is 70.2 Å². The number of hydrogen-bond donors (Lipinski definition) is 0. The Kier molecular flexibility index (Phi) is 3.24. The van der Waals surface area contributed by atoms with Gasteiger partial charge in [-0.25, -0.2) is 0 Å². The molecule has 0 fully saturated rings. The van der Waals surface area contributed by atoms with Crippen LogP contribution in [0.15, 0.2) is 42.5 Å². The van der Waals surface area contributed by atoms with Gasteiger partial charge >= 0.3 is 0 Å². The molecule has 0 heterocycles.